The van der Waals surface area contributed by atoms with Crippen molar-refractivity contribution in [2.45, 2.75) is 49.7 Å². The molecular weight excluding hydrogens is 352 g/mol. The minimum absolute atomic E-state index is 0.0635. The van der Waals surface area contributed by atoms with Crippen molar-refractivity contribution in [2.75, 3.05) is 7.05 Å². The summed E-state index contributed by atoms with van der Waals surface area (Å²) in [6.45, 7) is 0. The number of likely N-dealkylation sites (N-methyl/N-ethyl adjacent to an activating group) is 1. The number of fused-ring (bicyclic) bond motifs is 2. The van der Waals surface area contributed by atoms with Crippen LogP contribution in [0.5, 0.6) is 5.75 Å². The van der Waals surface area contributed by atoms with Gasteiger partial charge in [-0.25, -0.2) is 4.99 Å². The topological polar surface area (TPSA) is 80.8 Å². The van der Waals surface area contributed by atoms with Crippen molar-refractivity contribution >= 4 is 11.9 Å². The van der Waals surface area contributed by atoms with Crippen LogP contribution in [0.15, 0.2) is 47.7 Å². The number of carbonyl (C=O) groups excluding carboxylic acids is 1. The third-order valence-corrected chi connectivity index (χ3v) is 6.42. The van der Waals surface area contributed by atoms with E-state index in [0.717, 1.165) is 48.1 Å². The molecule has 1 unspecified atom stereocenters. The fourth-order valence-corrected chi connectivity index (χ4v) is 4.96. The molecule has 1 aliphatic carbocycles. The molecule has 1 amide bonds. The predicted molar refractivity (Wildman–Crippen MR) is 107 cm³/mol. The molecule has 2 aliphatic heterocycles. The Morgan fingerprint density at radius 3 is 2.50 bits per heavy atom. The van der Waals surface area contributed by atoms with Crippen LogP contribution in [0.4, 0.5) is 0 Å². The zero-order valence-corrected chi connectivity index (χ0v) is 16.0. The van der Waals surface area contributed by atoms with Crippen molar-refractivity contribution in [3.8, 4) is 16.9 Å². The molecule has 1 fully saturated rings. The first-order chi connectivity index (χ1) is 13.5. The van der Waals surface area contributed by atoms with E-state index >= 15 is 0 Å². The van der Waals surface area contributed by atoms with Crippen LogP contribution in [0.2, 0.25) is 0 Å². The number of rotatable bonds is 1. The van der Waals surface area contributed by atoms with Gasteiger partial charge in [0.25, 0.3) is 5.91 Å². The Kier molecular flexibility index (Phi) is 3.73. The molecule has 0 bridgehead atoms. The molecule has 1 atom stereocenters. The van der Waals surface area contributed by atoms with E-state index in [1.807, 2.05) is 30.3 Å². The van der Waals surface area contributed by atoms with Crippen molar-refractivity contribution in [2.24, 2.45) is 10.7 Å². The van der Waals surface area contributed by atoms with Crippen LogP contribution in [-0.4, -0.2) is 34.4 Å². The number of aliphatic imine (C=N–C) groups is 1. The minimum Gasteiger partial charge on any atom is -0.487 e. The average molecular weight is 376 g/mol. The molecule has 28 heavy (non-hydrogen) atoms. The smallest absolute Gasteiger partial charge is 0.261 e. The van der Waals surface area contributed by atoms with Crippen LogP contribution in [0.1, 0.15) is 44.1 Å². The quantitative estimate of drug-likeness (QED) is 0.829. The number of nitrogens with zero attached hydrogens (tertiary/aromatic N) is 3. The Balaban J connectivity index is 1.69. The second kappa shape index (κ2) is 6.06. The number of pyridine rings is 1. The molecule has 1 aromatic carbocycles. The molecular formula is C22H24N4O2. The highest BCUT2D eigenvalue weighted by atomic mass is 16.5. The second-order valence-corrected chi connectivity index (χ2v) is 8.16. The molecule has 5 rings (SSSR count). The number of hydrogen-bond acceptors (Lipinski definition) is 5. The van der Waals surface area contributed by atoms with Gasteiger partial charge in [0, 0.05) is 31.4 Å². The Morgan fingerprint density at radius 1 is 1.07 bits per heavy atom. The first-order valence-corrected chi connectivity index (χ1v) is 9.91. The molecule has 2 aromatic rings. The number of amides is 1. The number of benzene rings is 1. The van der Waals surface area contributed by atoms with Crippen molar-refractivity contribution < 1.29 is 9.53 Å². The lowest BCUT2D eigenvalue weighted by Gasteiger charge is -2.47. The highest BCUT2D eigenvalue weighted by molar-refractivity contribution is 6.07. The van der Waals surface area contributed by atoms with Gasteiger partial charge in [0.15, 0.2) is 11.5 Å². The molecule has 2 spiro atoms. The Hall–Kier alpha value is -2.89. The van der Waals surface area contributed by atoms with Gasteiger partial charge in [-0.3, -0.25) is 14.7 Å². The van der Waals surface area contributed by atoms with Crippen LogP contribution in [0.3, 0.4) is 0 Å². The monoisotopic (exact) mass is 376 g/mol. The molecule has 0 saturated heterocycles. The van der Waals surface area contributed by atoms with E-state index in [1.165, 1.54) is 11.3 Å². The van der Waals surface area contributed by atoms with Crippen LogP contribution in [0, 0.1) is 0 Å². The van der Waals surface area contributed by atoms with E-state index in [4.69, 9.17) is 15.5 Å². The lowest BCUT2D eigenvalue weighted by atomic mass is 9.70. The van der Waals surface area contributed by atoms with Crippen molar-refractivity contribution in [3.05, 3.63) is 48.3 Å². The third-order valence-electron chi connectivity index (χ3n) is 6.42. The summed E-state index contributed by atoms with van der Waals surface area (Å²) in [4.78, 5) is 23.7. The standard InChI is InChI=1S/C22H24N4O2/c1-26-19(27)22(25-20(26)23)14-21(9-3-2-4-10-21)28-18-6-5-16(13-17(18)22)15-7-11-24-12-8-15/h5-8,11-13H,2-4,9-10,14H2,1H3,(H2,23,25). The summed E-state index contributed by atoms with van der Waals surface area (Å²) >= 11 is 0. The van der Waals surface area contributed by atoms with Gasteiger partial charge in [0.1, 0.15) is 11.4 Å². The first-order valence-electron chi connectivity index (χ1n) is 9.91. The molecule has 2 N–H and O–H groups in total. The number of nitrogens with two attached hydrogens (primary N) is 1. The minimum atomic E-state index is -0.993. The lowest BCUT2D eigenvalue weighted by Crippen LogP contribution is -2.52. The fraction of sp³-hybridized carbons (Fsp3) is 0.409. The molecule has 3 heterocycles. The van der Waals surface area contributed by atoms with Gasteiger partial charge in [-0.2, -0.15) is 0 Å². The van der Waals surface area contributed by atoms with E-state index in [-0.39, 0.29) is 17.5 Å². The lowest BCUT2D eigenvalue weighted by molar-refractivity contribution is -0.135. The van der Waals surface area contributed by atoms with Crippen molar-refractivity contribution in [1.82, 2.24) is 9.88 Å². The van der Waals surface area contributed by atoms with Crippen LogP contribution in [-0.2, 0) is 10.3 Å². The van der Waals surface area contributed by atoms with E-state index in [1.54, 1.807) is 19.4 Å². The number of hydrogen-bond donors (Lipinski definition) is 1. The number of aromatic nitrogens is 1. The maximum absolute atomic E-state index is 13.4. The summed E-state index contributed by atoms with van der Waals surface area (Å²) in [6, 6.07) is 9.98. The maximum Gasteiger partial charge on any atom is 0.261 e. The molecule has 1 aromatic heterocycles. The van der Waals surface area contributed by atoms with Crippen LogP contribution in [0.25, 0.3) is 11.1 Å². The van der Waals surface area contributed by atoms with Gasteiger partial charge in [0.05, 0.1) is 0 Å². The summed E-state index contributed by atoms with van der Waals surface area (Å²) in [5.74, 6) is 0.968. The van der Waals surface area contributed by atoms with E-state index in [9.17, 15) is 4.79 Å². The Labute approximate surface area is 164 Å². The van der Waals surface area contributed by atoms with Crippen molar-refractivity contribution in [3.63, 3.8) is 0 Å². The van der Waals surface area contributed by atoms with Gasteiger partial charge >= 0.3 is 0 Å². The van der Waals surface area contributed by atoms with Crippen LogP contribution >= 0.6 is 0 Å². The molecule has 3 aliphatic rings. The highest BCUT2D eigenvalue weighted by Crippen LogP contribution is 2.53. The van der Waals surface area contributed by atoms with E-state index < -0.39 is 5.54 Å². The maximum atomic E-state index is 13.4. The third kappa shape index (κ3) is 2.44. The van der Waals surface area contributed by atoms with Crippen LogP contribution < -0.4 is 10.5 Å². The Morgan fingerprint density at radius 2 is 1.82 bits per heavy atom. The molecule has 6 heteroatoms. The van der Waals surface area contributed by atoms with Gasteiger partial charge in [0.2, 0.25) is 0 Å². The normalized spacial score (nSPS) is 25.5. The van der Waals surface area contributed by atoms with Crippen molar-refractivity contribution in [1.29, 1.82) is 0 Å². The van der Waals surface area contributed by atoms with E-state index in [2.05, 4.69) is 4.98 Å². The fourth-order valence-electron chi connectivity index (χ4n) is 4.96. The molecule has 1 saturated carbocycles. The first kappa shape index (κ1) is 17.2. The highest BCUT2D eigenvalue weighted by Gasteiger charge is 2.58. The summed E-state index contributed by atoms with van der Waals surface area (Å²) < 4.78 is 6.56. The molecule has 144 valence electrons. The predicted octanol–water partition coefficient (Wildman–Crippen LogP) is 3.22. The summed E-state index contributed by atoms with van der Waals surface area (Å²) in [7, 11) is 1.70. The molecule has 6 nitrogen and oxygen atoms in total. The Bertz CT molecular complexity index is 966. The number of ether oxygens (including phenoxy) is 1. The van der Waals surface area contributed by atoms with Gasteiger partial charge < -0.3 is 10.5 Å². The SMILES string of the molecule is CN1C(=O)C2(CC3(CCCCC3)Oc3ccc(-c4ccncc4)cc32)N=C1N. The average Bonchev–Trinajstić information content (AvgIpc) is 2.93. The van der Waals surface area contributed by atoms with E-state index in [0.29, 0.717) is 6.42 Å². The molecule has 0 radical (unpaired) electrons. The summed E-state index contributed by atoms with van der Waals surface area (Å²) in [5, 5.41) is 0. The zero-order chi connectivity index (χ0) is 19.4. The number of carbonyl (C=O) groups is 1. The second-order valence-electron chi connectivity index (χ2n) is 8.16. The summed E-state index contributed by atoms with van der Waals surface area (Å²) in [5.41, 5.74) is 7.64. The number of guanidine groups is 1. The van der Waals surface area contributed by atoms with Gasteiger partial charge in [-0.15, -0.1) is 0 Å². The summed E-state index contributed by atoms with van der Waals surface area (Å²) in [6.07, 6.45) is 9.43. The van der Waals surface area contributed by atoms with Gasteiger partial charge in [-0.1, -0.05) is 12.5 Å². The van der Waals surface area contributed by atoms with Gasteiger partial charge in [-0.05, 0) is 61.1 Å². The zero-order valence-electron chi connectivity index (χ0n) is 16.0. The largest absolute Gasteiger partial charge is 0.487 e.